The Hall–Kier alpha value is -2.41. The van der Waals surface area contributed by atoms with Crippen LogP contribution in [0.1, 0.15) is 6.42 Å². The molecule has 1 aliphatic rings. The highest BCUT2D eigenvalue weighted by Crippen LogP contribution is 2.31. The maximum atomic E-state index is 14.0. The third-order valence-corrected chi connectivity index (χ3v) is 2.92. The summed E-state index contributed by atoms with van der Waals surface area (Å²) in [5, 5.41) is 20.9. The molecular formula is C13H12F2N2O3. The maximum Gasteiger partial charge on any atom is 0.333 e. The van der Waals surface area contributed by atoms with Crippen LogP contribution in [0.2, 0.25) is 0 Å². The van der Waals surface area contributed by atoms with Crippen LogP contribution in [0.25, 0.3) is 0 Å². The average molecular weight is 282 g/mol. The van der Waals surface area contributed by atoms with Crippen molar-refractivity contribution in [3.8, 4) is 0 Å². The molecule has 1 aliphatic carbocycles. The van der Waals surface area contributed by atoms with Crippen LogP contribution in [0, 0.1) is 5.82 Å². The number of aliphatic carboxylic acids is 1. The number of nitrogens with two attached hydrogens (primary N) is 1. The van der Waals surface area contributed by atoms with E-state index in [1.165, 1.54) is 18.2 Å². The van der Waals surface area contributed by atoms with Crippen molar-refractivity contribution in [1.29, 1.82) is 0 Å². The number of allylic oxidation sites excluding steroid dienone is 1. The zero-order valence-corrected chi connectivity index (χ0v) is 10.2. The van der Waals surface area contributed by atoms with E-state index in [9.17, 15) is 18.7 Å². The van der Waals surface area contributed by atoms with Crippen molar-refractivity contribution < 1.29 is 23.8 Å². The molecule has 0 radical (unpaired) electrons. The Morgan fingerprint density at radius 2 is 2.00 bits per heavy atom. The molecule has 1 unspecified atom stereocenters. The molecule has 106 valence electrons. The van der Waals surface area contributed by atoms with Gasteiger partial charge < -0.3 is 21.3 Å². The first-order valence-corrected chi connectivity index (χ1v) is 5.73. The molecule has 0 aliphatic heterocycles. The summed E-state index contributed by atoms with van der Waals surface area (Å²) in [6.07, 6.45) is -1.77. The third-order valence-electron chi connectivity index (χ3n) is 2.92. The fraction of sp³-hybridized carbons (Fsp3) is 0.154. The molecule has 0 saturated heterocycles. The summed E-state index contributed by atoms with van der Waals surface area (Å²) in [6.45, 7) is 0. The SMILES string of the molecule is NC1=C(F)C(Nc2ccccc2F)=C(C(=O)O)CC1O. The monoisotopic (exact) mass is 282 g/mol. The number of hydrogen-bond donors (Lipinski definition) is 4. The maximum absolute atomic E-state index is 14.0. The van der Waals surface area contributed by atoms with Crippen molar-refractivity contribution in [2.45, 2.75) is 12.5 Å². The van der Waals surface area contributed by atoms with Gasteiger partial charge in [-0.2, -0.15) is 0 Å². The number of aliphatic hydroxyl groups is 1. The molecule has 1 aromatic carbocycles. The van der Waals surface area contributed by atoms with Gasteiger partial charge in [0.05, 0.1) is 22.7 Å². The topological polar surface area (TPSA) is 95.6 Å². The quantitative estimate of drug-likeness (QED) is 0.673. The van der Waals surface area contributed by atoms with Gasteiger partial charge in [-0.25, -0.2) is 13.6 Å². The Morgan fingerprint density at radius 1 is 1.35 bits per heavy atom. The molecule has 0 bridgehead atoms. The van der Waals surface area contributed by atoms with Gasteiger partial charge in [0.1, 0.15) is 11.9 Å². The van der Waals surface area contributed by atoms with Crippen LogP contribution in [-0.4, -0.2) is 22.3 Å². The molecule has 0 saturated carbocycles. The summed E-state index contributed by atoms with van der Waals surface area (Å²) in [5.74, 6) is -3.17. The second-order valence-electron chi connectivity index (χ2n) is 4.25. The van der Waals surface area contributed by atoms with Gasteiger partial charge in [-0.05, 0) is 12.1 Å². The summed E-state index contributed by atoms with van der Waals surface area (Å²) >= 11 is 0. The Labute approximate surface area is 113 Å². The zero-order valence-electron chi connectivity index (χ0n) is 10.2. The van der Waals surface area contributed by atoms with E-state index >= 15 is 0 Å². The van der Waals surface area contributed by atoms with Crippen molar-refractivity contribution in [1.82, 2.24) is 0 Å². The predicted molar refractivity (Wildman–Crippen MR) is 67.6 cm³/mol. The number of carboxylic acid groups (broad SMARTS) is 1. The number of para-hydroxylation sites is 1. The number of anilines is 1. The van der Waals surface area contributed by atoms with Gasteiger partial charge in [0.15, 0.2) is 5.83 Å². The van der Waals surface area contributed by atoms with Crippen molar-refractivity contribution in [2.24, 2.45) is 5.73 Å². The van der Waals surface area contributed by atoms with E-state index in [1.807, 2.05) is 0 Å². The van der Waals surface area contributed by atoms with Gasteiger partial charge in [0.2, 0.25) is 0 Å². The molecule has 2 rings (SSSR count). The largest absolute Gasteiger partial charge is 0.478 e. The van der Waals surface area contributed by atoms with Crippen molar-refractivity contribution in [3.63, 3.8) is 0 Å². The number of aliphatic hydroxyl groups excluding tert-OH is 1. The number of rotatable bonds is 3. The molecule has 0 amide bonds. The van der Waals surface area contributed by atoms with E-state index in [2.05, 4.69) is 5.32 Å². The molecule has 0 aromatic heterocycles. The number of carbonyl (C=O) groups is 1. The Morgan fingerprint density at radius 3 is 2.60 bits per heavy atom. The fourth-order valence-electron chi connectivity index (χ4n) is 1.85. The normalized spacial score (nSPS) is 19.2. The number of halogens is 2. The second-order valence-corrected chi connectivity index (χ2v) is 4.25. The zero-order chi connectivity index (χ0) is 14.9. The molecule has 20 heavy (non-hydrogen) atoms. The molecule has 0 fully saturated rings. The summed E-state index contributed by atoms with van der Waals surface area (Å²) in [4.78, 5) is 11.1. The number of benzene rings is 1. The second kappa shape index (κ2) is 5.30. The van der Waals surface area contributed by atoms with Crippen LogP contribution in [0.5, 0.6) is 0 Å². The lowest BCUT2D eigenvalue weighted by Crippen LogP contribution is -2.29. The summed E-state index contributed by atoms with van der Waals surface area (Å²) in [7, 11) is 0. The third kappa shape index (κ3) is 2.48. The van der Waals surface area contributed by atoms with Crippen LogP contribution < -0.4 is 11.1 Å². The van der Waals surface area contributed by atoms with Crippen LogP contribution in [0.4, 0.5) is 14.5 Å². The summed E-state index contributed by atoms with van der Waals surface area (Å²) in [5.41, 5.74) is 3.96. The van der Waals surface area contributed by atoms with E-state index in [0.717, 1.165) is 6.07 Å². The van der Waals surface area contributed by atoms with E-state index in [4.69, 9.17) is 10.8 Å². The molecule has 1 aromatic rings. The van der Waals surface area contributed by atoms with Gasteiger partial charge in [-0.1, -0.05) is 12.1 Å². The first-order valence-electron chi connectivity index (χ1n) is 5.73. The van der Waals surface area contributed by atoms with Crippen molar-refractivity contribution in [2.75, 3.05) is 5.32 Å². The van der Waals surface area contributed by atoms with Gasteiger partial charge in [0.25, 0.3) is 0 Å². The fourth-order valence-corrected chi connectivity index (χ4v) is 1.85. The number of nitrogens with one attached hydrogen (secondary N) is 1. The van der Waals surface area contributed by atoms with Crippen LogP contribution in [0.15, 0.2) is 47.1 Å². The first-order chi connectivity index (χ1) is 9.41. The lowest BCUT2D eigenvalue weighted by molar-refractivity contribution is -0.133. The molecule has 0 heterocycles. The van der Waals surface area contributed by atoms with Crippen molar-refractivity contribution >= 4 is 11.7 Å². The summed E-state index contributed by atoms with van der Waals surface area (Å²) < 4.78 is 27.5. The minimum Gasteiger partial charge on any atom is -0.478 e. The van der Waals surface area contributed by atoms with Gasteiger partial charge in [-0.3, -0.25) is 0 Å². The van der Waals surface area contributed by atoms with Crippen LogP contribution in [-0.2, 0) is 4.79 Å². The van der Waals surface area contributed by atoms with E-state index in [-0.39, 0.29) is 12.1 Å². The van der Waals surface area contributed by atoms with Gasteiger partial charge in [0, 0.05) is 6.42 Å². The Balaban J connectivity index is 2.48. The average Bonchev–Trinajstić information content (AvgIpc) is 2.41. The number of hydrogen-bond acceptors (Lipinski definition) is 4. The molecule has 0 spiro atoms. The molecule has 5 nitrogen and oxygen atoms in total. The molecular weight excluding hydrogens is 270 g/mol. The van der Waals surface area contributed by atoms with Gasteiger partial charge >= 0.3 is 5.97 Å². The molecule has 7 heteroatoms. The predicted octanol–water partition coefficient (Wildman–Crippen LogP) is 1.48. The highest BCUT2D eigenvalue weighted by atomic mass is 19.1. The molecule has 5 N–H and O–H groups in total. The minimum absolute atomic E-state index is 0.0828. The van der Waals surface area contributed by atoms with Crippen molar-refractivity contribution in [3.05, 3.63) is 52.9 Å². The molecule has 1 atom stereocenters. The Bertz CT molecular complexity index is 626. The smallest absolute Gasteiger partial charge is 0.333 e. The van der Waals surface area contributed by atoms with E-state index in [1.54, 1.807) is 0 Å². The van der Waals surface area contributed by atoms with E-state index < -0.39 is 40.7 Å². The minimum atomic E-state index is -1.41. The van der Waals surface area contributed by atoms with E-state index in [0.29, 0.717) is 0 Å². The highest BCUT2D eigenvalue weighted by molar-refractivity contribution is 5.90. The highest BCUT2D eigenvalue weighted by Gasteiger charge is 2.30. The van der Waals surface area contributed by atoms with Gasteiger partial charge in [-0.15, -0.1) is 0 Å². The Kier molecular flexibility index (Phi) is 3.71. The standard InChI is InChI=1S/C13H12F2N2O3/c14-7-3-1-2-4-8(7)17-12-6(13(19)20)5-9(18)11(16)10(12)15/h1-4,9,17-18H,5,16H2,(H,19,20). The lowest BCUT2D eigenvalue weighted by atomic mass is 9.96. The number of carboxylic acids is 1. The first kappa shape index (κ1) is 14.0. The van der Waals surface area contributed by atoms with Crippen LogP contribution >= 0.6 is 0 Å². The van der Waals surface area contributed by atoms with Crippen LogP contribution in [0.3, 0.4) is 0 Å². The summed E-state index contributed by atoms with van der Waals surface area (Å²) in [6, 6.07) is 5.43. The lowest BCUT2D eigenvalue weighted by Gasteiger charge is -2.23.